The summed E-state index contributed by atoms with van der Waals surface area (Å²) in [6, 6.07) is 8.63. The molecular formula is C17H18Cl2N2O3. The van der Waals surface area contributed by atoms with Gasteiger partial charge in [0.2, 0.25) is 0 Å². The lowest BCUT2D eigenvalue weighted by molar-refractivity contribution is 0.0746. The second kappa shape index (κ2) is 8.22. The normalized spacial score (nSPS) is 10.4. The Morgan fingerprint density at radius 1 is 1.12 bits per heavy atom. The topological polar surface area (TPSA) is 51.7 Å². The molecule has 5 nitrogen and oxygen atoms in total. The van der Waals surface area contributed by atoms with Crippen LogP contribution in [0, 0.1) is 0 Å². The van der Waals surface area contributed by atoms with Crippen molar-refractivity contribution in [3.63, 3.8) is 0 Å². The molecule has 7 heteroatoms. The van der Waals surface area contributed by atoms with E-state index in [2.05, 4.69) is 4.98 Å². The predicted octanol–water partition coefficient (Wildman–Crippen LogP) is 4.07. The second-order valence-corrected chi connectivity index (χ2v) is 5.77. The van der Waals surface area contributed by atoms with Gasteiger partial charge in [-0.1, -0.05) is 29.3 Å². The van der Waals surface area contributed by atoms with Crippen LogP contribution < -0.4 is 9.47 Å². The van der Waals surface area contributed by atoms with Crippen molar-refractivity contribution in [2.45, 2.75) is 13.5 Å². The Balaban J connectivity index is 2.26. The maximum atomic E-state index is 12.7. The van der Waals surface area contributed by atoms with Crippen molar-refractivity contribution >= 4 is 29.1 Å². The Bertz CT molecular complexity index is 738. The highest BCUT2D eigenvalue weighted by molar-refractivity contribution is 6.34. The zero-order valence-corrected chi connectivity index (χ0v) is 15.2. The van der Waals surface area contributed by atoms with Gasteiger partial charge >= 0.3 is 0 Å². The third kappa shape index (κ3) is 4.10. The standard InChI is InChI=1S/C17H18Cl2N2O3/c1-4-21(17(22)16-12(18)6-8-15(19)20-16)10-11-5-7-13(23-2)14(9-11)24-3/h5-9H,4,10H2,1-3H3. The molecule has 0 atom stereocenters. The van der Waals surface area contributed by atoms with Gasteiger partial charge in [0.15, 0.2) is 11.5 Å². The average molecular weight is 369 g/mol. The highest BCUT2D eigenvalue weighted by Gasteiger charge is 2.20. The number of pyridine rings is 1. The van der Waals surface area contributed by atoms with Gasteiger partial charge in [-0.15, -0.1) is 0 Å². The SMILES string of the molecule is CCN(Cc1ccc(OC)c(OC)c1)C(=O)c1nc(Cl)ccc1Cl. The van der Waals surface area contributed by atoms with Gasteiger partial charge < -0.3 is 14.4 Å². The third-order valence-corrected chi connectivity index (χ3v) is 4.02. The molecule has 0 N–H and O–H groups in total. The Morgan fingerprint density at radius 3 is 2.46 bits per heavy atom. The minimum atomic E-state index is -0.278. The number of hydrogen-bond donors (Lipinski definition) is 0. The fourth-order valence-electron chi connectivity index (χ4n) is 2.24. The number of ether oxygens (including phenoxy) is 2. The summed E-state index contributed by atoms with van der Waals surface area (Å²) in [5, 5.41) is 0.500. The number of aromatic nitrogens is 1. The highest BCUT2D eigenvalue weighted by Crippen LogP contribution is 2.28. The molecule has 0 bridgehead atoms. The zero-order chi connectivity index (χ0) is 17.7. The summed E-state index contributed by atoms with van der Waals surface area (Å²) in [6.45, 7) is 2.77. The van der Waals surface area contributed by atoms with Crippen molar-refractivity contribution in [1.82, 2.24) is 9.88 Å². The molecule has 0 saturated heterocycles. The van der Waals surface area contributed by atoms with Crippen LogP contribution >= 0.6 is 23.2 Å². The number of nitrogens with zero attached hydrogens (tertiary/aromatic N) is 2. The second-order valence-electron chi connectivity index (χ2n) is 4.97. The molecule has 0 fully saturated rings. The fourth-order valence-corrected chi connectivity index (χ4v) is 2.58. The number of carbonyl (C=O) groups excluding carboxylic acids is 1. The van der Waals surface area contributed by atoms with E-state index in [1.54, 1.807) is 37.3 Å². The Kier molecular flexibility index (Phi) is 6.29. The summed E-state index contributed by atoms with van der Waals surface area (Å²) < 4.78 is 10.5. The van der Waals surface area contributed by atoms with Crippen molar-refractivity contribution < 1.29 is 14.3 Å². The molecule has 1 aromatic carbocycles. The lowest BCUT2D eigenvalue weighted by atomic mass is 10.1. The first-order valence-corrected chi connectivity index (χ1v) is 8.08. The van der Waals surface area contributed by atoms with Crippen LogP contribution in [-0.4, -0.2) is 36.6 Å². The van der Waals surface area contributed by atoms with Crippen LogP contribution in [-0.2, 0) is 6.54 Å². The Hall–Kier alpha value is -1.98. The summed E-state index contributed by atoms with van der Waals surface area (Å²) in [5.41, 5.74) is 1.05. The van der Waals surface area contributed by atoms with Crippen LogP contribution in [0.15, 0.2) is 30.3 Å². The molecule has 0 saturated carbocycles. The molecular weight excluding hydrogens is 351 g/mol. The summed E-state index contributed by atoms with van der Waals surface area (Å²) in [6.07, 6.45) is 0. The van der Waals surface area contributed by atoms with Crippen molar-refractivity contribution in [3.05, 3.63) is 51.8 Å². The third-order valence-electron chi connectivity index (χ3n) is 3.50. The Morgan fingerprint density at radius 2 is 1.83 bits per heavy atom. The number of rotatable bonds is 6. The van der Waals surface area contributed by atoms with E-state index in [4.69, 9.17) is 32.7 Å². The van der Waals surface area contributed by atoms with Gasteiger partial charge in [0.1, 0.15) is 10.8 Å². The summed E-state index contributed by atoms with van der Waals surface area (Å²) in [4.78, 5) is 18.4. The molecule has 1 heterocycles. The Labute approximate surface area is 151 Å². The van der Waals surface area contributed by atoms with E-state index in [-0.39, 0.29) is 21.8 Å². The van der Waals surface area contributed by atoms with Crippen LogP contribution in [0.25, 0.3) is 0 Å². The quantitative estimate of drug-likeness (QED) is 0.721. The molecule has 2 rings (SSSR count). The van der Waals surface area contributed by atoms with Crippen molar-refractivity contribution in [2.24, 2.45) is 0 Å². The van der Waals surface area contributed by atoms with E-state index in [0.717, 1.165) is 5.56 Å². The molecule has 1 amide bonds. The van der Waals surface area contributed by atoms with Gasteiger partial charge in [-0.25, -0.2) is 4.98 Å². The van der Waals surface area contributed by atoms with Gasteiger partial charge in [-0.2, -0.15) is 0 Å². The highest BCUT2D eigenvalue weighted by atomic mass is 35.5. The van der Waals surface area contributed by atoms with Gasteiger partial charge in [0.05, 0.1) is 19.2 Å². The maximum absolute atomic E-state index is 12.7. The van der Waals surface area contributed by atoms with Crippen LogP contribution in [0.1, 0.15) is 23.0 Å². The monoisotopic (exact) mass is 368 g/mol. The molecule has 128 valence electrons. The fraction of sp³-hybridized carbons (Fsp3) is 0.294. The summed E-state index contributed by atoms with van der Waals surface area (Å²) in [5.74, 6) is 0.965. The number of methoxy groups -OCH3 is 2. The van der Waals surface area contributed by atoms with E-state index >= 15 is 0 Å². The molecule has 0 aliphatic carbocycles. The van der Waals surface area contributed by atoms with Crippen molar-refractivity contribution in [1.29, 1.82) is 0 Å². The smallest absolute Gasteiger partial charge is 0.274 e. The lowest BCUT2D eigenvalue weighted by Crippen LogP contribution is -2.31. The number of hydrogen-bond acceptors (Lipinski definition) is 4. The van der Waals surface area contributed by atoms with E-state index in [0.29, 0.717) is 24.6 Å². The van der Waals surface area contributed by atoms with Gasteiger partial charge in [0.25, 0.3) is 5.91 Å². The summed E-state index contributed by atoms with van der Waals surface area (Å²) in [7, 11) is 3.15. The van der Waals surface area contributed by atoms with Gasteiger partial charge in [-0.05, 0) is 36.8 Å². The molecule has 0 radical (unpaired) electrons. The largest absolute Gasteiger partial charge is 0.493 e. The zero-order valence-electron chi connectivity index (χ0n) is 13.7. The van der Waals surface area contributed by atoms with E-state index in [1.807, 2.05) is 19.1 Å². The van der Waals surface area contributed by atoms with E-state index < -0.39 is 0 Å². The first kappa shape index (κ1) is 18.4. The molecule has 2 aromatic rings. The minimum Gasteiger partial charge on any atom is -0.493 e. The molecule has 0 spiro atoms. The average Bonchev–Trinajstić information content (AvgIpc) is 2.60. The molecule has 0 aliphatic heterocycles. The minimum absolute atomic E-state index is 0.145. The molecule has 24 heavy (non-hydrogen) atoms. The van der Waals surface area contributed by atoms with Crippen LogP contribution in [0.4, 0.5) is 0 Å². The first-order valence-electron chi connectivity index (χ1n) is 7.32. The molecule has 0 unspecified atom stereocenters. The number of halogens is 2. The number of carbonyl (C=O) groups is 1. The van der Waals surface area contributed by atoms with Crippen LogP contribution in [0.5, 0.6) is 11.5 Å². The van der Waals surface area contributed by atoms with Gasteiger partial charge in [-0.3, -0.25) is 4.79 Å². The molecule has 1 aromatic heterocycles. The predicted molar refractivity (Wildman–Crippen MR) is 94.2 cm³/mol. The molecule has 0 aliphatic rings. The number of amides is 1. The number of benzene rings is 1. The van der Waals surface area contributed by atoms with E-state index in [1.165, 1.54) is 0 Å². The van der Waals surface area contributed by atoms with Crippen LogP contribution in [0.2, 0.25) is 10.2 Å². The lowest BCUT2D eigenvalue weighted by Gasteiger charge is -2.21. The van der Waals surface area contributed by atoms with E-state index in [9.17, 15) is 4.79 Å². The first-order chi connectivity index (χ1) is 11.5. The van der Waals surface area contributed by atoms with Gasteiger partial charge in [0, 0.05) is 13.1 Å². The maximum Gasteiger partial charge on any atom is 0.274 e. The van der Waals surface area contributed by atoms with Crippen LogP contribution in [0.3, 0.4) is 0 Å². The van der Waals surface area contributed by atoms with Crippen molar-refractivity contribution in [2.75, 3.05) is 20.8 Å². The summed E-state index contributed by atoms with van der Waals surface area (Å²) >= 11 is 11.9. The van der Waals surface area contributed by atoms with Crippen molar-refractivity contribution in [3.8, 4) is 11.5 Å².